The van der Waals surface area contributed by atoms with E-state index in [1.807, 2.05) is 44.2 Å². The molecule has 0 saturated carbocycles. The first kappa shape index (κ1) is 12.6. The third-order valence-electron chi connectivity index (χ3n) is 3.41. The van der Waals surface area contributed by atoms with Crippen LogP contribution in [-0.2, 0) is 9.59 Å². The molecule has 4 heteroatoms. The third kappa shape index (κ3) is 2.37. The van der Waals surface area contributed by atoms with Gasteiger partial charge in [-0.3, -0.25) is 9.59 Å². The van der Waals surface area contributed by atoms with Gasteiger partial charge in [-0.25, -0.2) is 0 Å². The zero-order chi connectivity index (χ0) is 13.1. The minimum absolute atomic E-state index is 0.0184. The van der Waals surface area contributed by atoms with Gasteiger partial charge in [-0.05, 0) is 18.9 Å². The van der Waals surface area contributed by atoms with Crippen molar-refractivity contribution in [2.24, 2.45) is 0 Å². The smallest absolute Gasteiger partial charge is 0.250 e. The number of benzene rings is 1. The molecule has 1 fully saturated rings. The minimum Gasteiger partial charge on any atom is -0.339 e. The molecule has 0 aliphatic carbocycles. The molecular formula is C14H18N2O2. The molecule has 2 unspecified atom stereocenters. The van der Waals surface area contributed by atoms with Gasteiger partial charge in [0, 0.05) is 6.04 Å². The van der Waals surface area contributed by atoms with Gasteiger partial charge in [-0.15, -0.1) is 0 Å². The topological polar surface area (TPSA) is 49.4 Å². The Bertz CT molecular complexity index is 444. The number of piperazine rings is 1. The highest BCUT2D eigenvalue weighted by atomic mass is 16.2. The van der Waals surface area contributed by atoms with Gasteiger partial charge in [-0.2, -0.15) is 0 Å². The SMILES string of the molecule is CCC(C)N1CC(=O)NC(c2ccccc2)C1=O. The standard InChI is InChI=1S/C14H18N2O2/c1-3-10(2)16-9-12(17)15-13(14(16)18)11-7-5-4-6-8-11/h4-8,10,13H,3,9H2,1-2H3,(H,15,17). The molecule has 0 bridgehead atoms. The predicted octanol–water partition coefficient (Wildman–Crippen LogP) is 1.48. The fourth-order valence-electron chi connectivity index (χ4n) is 2.13. The van der Waals surface area contributed by atoms with E-state index >= 15 is 0 Å². The van der Waals surface area contributed by atoms with Crippen LogP contribution < -0.4 is 5.32 Å². The summed E-state index contributed by atoms with van der Waals surface area (Å²) < 4.78 is 0. The van der Waals surface area contributed by atoms with Crippen LogP contribution in [0.5, 0.6) is 0 Å². The van der Waals surface area contributed by atoms with Gasteiger partial charge >= 0.3 is 0 Å². The largest absolute Gasteiger partial charge is 0.339 e. The van der Waals surface area contributed by atoms with Crippen LogP contribution in [0.1, 0.15) is 31.9 Å². The van der Waals surface area contributed by atoms with Crippen LogP contribution in [0, 0.1) is 0 Å². The average Bonchev–Trinajstić information content (AvgIpc) is 2.41. The van der Waals surface area contributed by atoms with Crippen molar-refractivity contribution < 1.29 is 9.59 Å². The summed E-state index contributed by atoms with van der Waals surface area (Å²) in [5.74, 6) is -0.112. The van der Waals surface area contributed by atoms with E-state index in [1.54, 1.807) is 4.90 Å². The Balaban J connectivity index is 2.26. The van der Waals surface area contributed by atoms with E-state index in [4.69, 9.17) is 0 Å². The molecule has 96 valence electrons. The summed E-state index contributed by atoms with van der Waals surface area (Å²) >= 11 is 0. The molecule has 1 heterocycles. The molecule has 0 aromatic heterocycles. The van der Waals surface area contributed by atoms with Crippen molar-refractivity contribution in [3.05, 3.63) is 35.9 Å². The Morgan fingerprint density at radius 1 is 1.33 bits per heavy atom. The first-order chi connectivity index (χ1) is 8.63. The summed E-state index contributed by atoms with van der Waals surface area (Å²) in [6.07, 6.45) is 0.848. The van der Waals surface area contributed by atoms with Crippen molar-refractivity contribution in [2.45, 2.75) is 32.4 Å². The quantitative estimate of drug-likeness (QED) is 0.878. The zero-order valence-electron chi connectivity index (χ0n) is 10.7. The lowest BCUT2D eigenvalue weighted by atomic mass is 10.0. The van der Waals surface area contributed by atoms with E-state index in [0.29, 0.717) is 0 Å². The number of carbonyl (C=O) groups is 2. The van der Waals surface area contributed by atoms with Crippen LogP contribution >= 0.6 is 0 Å². The van der Waals surface area contributed by atoms with E-state index in [9.17, 15) is 9.59 Å². The Morgan fingerprint density at radius 2 is 2.00 bits per heavy atom. The summed E-state index contributed by atoms with van der Waals surface area (Å²) in [5, 5.41) is 2.76. The molecular weight excluding hydrogens is 228 g/mol. The first-order valence-electron chi connectivity index (χ1n) is 6.28. The van der Waals surface area contributed by atoms with Crippen LogP contribution in [0.3, 0.4) is 0 Å². The normalized spacial score (nSPS) is 21.7. The summed E-state index contributed by atoms with van der Waals surface area (Å²) in [6, 6.07) is 8.92. The molecule has 1 aliphatic rings. The lowest BCUT2D eigenvalue weighted by Gasteiger charge is -2.36. The van der Waals surface area contributed by atoms with Gasteiger partial charge < -0.3 is 10.2 Å². The predicted molar refractivity (Wildman–Crippen MR) is 68.8 cm³/mol. The molecule has 18 heavy (non-hydrogen) atoms. The number of rotatable bonds is 3. The molecule has 2 rings (SSSR count). The van der Waals surface area contributed by atoms with E-state index in [0.717, 1.165) is 12.0 Å². The van der Waals surface area contributed by atoms with Crippen molar-refractivity contribution in [3.8, 4) is 0 Å². The molecule has 1 aromatic carbocycles. The van der Waals surface area contributed by atoms with Gasteiger partial charge in [0.1, 0.15) is 6.04 Å². The van der Waals surface area contributed by atoms with Gasteiger partial charge in [0.05, 0.1) is 6.54 Å². The Labute approximate surface area is 107 Å². The van der Waals surface area contributed by atoms with Gasteiger partial charge in [0.25, 0.3) is 5.91 Å². The third-order valence-corrected chi connectivity index (χ3v) is 3.41. The lowest BCUT2D eigenvalue weighted by Crippen LogP contribution is -2.55. The molecule has 4 nitrogen and oxygen atoms in total. The zero-order valence-corrected chi connectivity index (χ0v) is 10.7. The van der Waals surface area contributed by atoms with Gasteiger partial charge in [-0.1, -0.05) is 37.3 Å². The highest BCUT2D eigenvalue weighted by Crippen LogP contribution is 2.21. The van der Waals surface area contributed by atoms with Crippen LogP contribution in [0.2, 0.25) is 0 Å². The molecule has 1 aromatic rings. The minimum atomic E-state index is -0.540. The second-order valence-electron chi connectivity index (χ2n) is 4.63. The number of hydrogen-bond donors (Lipinski definition) is 1. The van der Waals surface area contributed by atoms with Crippen LogP contribution in [0.25, 0.3) is 0 Å². The van der Waals surface area contributed by atoms with Gasteiger partial charge in [0.15, 0.2) is 0 Å². The number of hydrogen-bond acceptors (Lipinski definition) is 2. The molecule has 1 aliphatic heterocycles. The second-order valence-corrected chi connectivity index (χ2v) is 4.63. The maximum absolute atomic E-state index is 12.4. The van der Waals surface area contributed by atoms with E-state index in [2.05, 4.69) is 5.32 Å². The average molecular weight is 246 g/mol. The van der Waals surface area contributed by atoms with Crippen molar-refractivity contribution in [1.29, 1.82) is 0 Å². The maximum Gasteiger partial charge on any atom is 0.250 e. The van der Waals surface area contributed by atoms with Crippen molar-refractivity contribution in [1.82, 2.24) is 10.2 Å². The van der Waals surface area contributed by atoms with Crippen molar-refractivity contribution in [2.75, 3.05) is 6.54 Å². The Kier molecular flexibility index (Phi) is 3.65. The molecule has 0 radical (unpaired) electrons. The summed E-state index contributed by atoms with van der Waals surface area (Å²) in [5.41, 5.74) is 0.837. The van der Waals surface area contributed by atoms with Gasteiger partial charge in [0.2, 0.25) is 5.91 Å². The fraction of sp³-hybridized carbons (Fsp3) is 0.429. The second kappa shape index (κ2) is 5.21. The fourth-order valence-corrected chi connectivity index (χ4v) is 2.13. The summed E-state index contributed by atoms with van der Waals surface area (Å²) in [4.78, 5) is 25.8. The molecule has 1 N–H and O–H groups in total. The number of nitrogens with zero attached hydrogens (tertiary/aromatic N) is 1. The summed E-state index contributed by atoms with van der Waals surface area (Å²) in [6.45, 7) is 4.15. The van der Waals surface area contributed by atoms with Crippen molar-refractivity contribution >= 4 is 11.8 Å². The van der Waals surface area contributed by atoms with Crippen molar-refractivity contribution in [3.63, 3.8) is 0 Å². The molecule has 2 amide bonds. The van der Waals surface area contributed by atoms with E-state index in [1.165, 1.54) is 0 Å². The molecule has 1 saturated heterocycles. The van der Waals surface area contributed by atoms with E-state index < -0.39 is 6.04 Å². The number of nitrogens with one attached hydrogen (secondary N) is 1. The summed E-state index contributed by atoms with van der Waals surface area (Å²) in [7, 11) is 0. The monoisotopic (exact) mass is 246 g/mol. The Morgan fingerprint density at radius 3 is 2.61 bits per heavy atom. The van der Waals surface area contributed by atoms with E-state index in [-0.39, 0.29) is 24.4 Å². The van der Waals surface area contributed by atoms with Crippen LogP contribution in [-0.4, -0.2) is 29.3 Å². The molecule has 0 spiro atoms. The van der Waals surface area contributed by atoms with Crippen LogP contribution in [0.15, 0.2) is 30.3 Å². The highest BCUT2D eigenvalue weighted by Gasteiger charge is 2.35. The van der Waals surface area contributed by atoms with Crippen LogP contribution in [0.4, 0.5) is 0 Å². The lowest BCUT2D eigenvalue weighted by molar-refractivity contribution is -0.146. The highest BCUT2D eigenvalue weighted by molar-refractivity contribution is 5.95. The number of carbonyl (C=O) groups excluding carboxylic acids is 2. The maximum atomic E-state index is 12.4. The molecule has 2 atom stereocenters. The Hall–Kier alpha value is -1.84. The first-order valence-corrected chi connectivity index (χ1v) is 6.28. The number of amides is 2.